The smallest absolute Gasteiger partial charge is 0.257 e. The molecule has 0 aliphatic heterocycles. The van der Waals surface area contributed by atoms with Crippen molar-refractivity contribution in [2.24, 2.45) is 4.99 Å². The Labute approximate surface area is 168 Å². The highest BCUT2D eigenvalue weighted by atomic mass is 35.5. The number of benzene rings is 2. The molecule has 4 aromatic rings. The van der Waals surface area contributed by atoms with Gasteiger partial charge in [-0.25, -0.2) is 9.38 Å². The van der Waals surface area contributed by atoms with Gasteiger partial charge in [-0.05, 0) is 48.5 Å². The van der Waals surface area contributed by atoms with E-state index in [0.717, 1.165) is 6.07 Å². The molecule has 0 aliphatic carbocycles. The fourth-order valence-electron chi connectivity index (χ4n) is 2.71. The third kappa shape index (κ3) is 4.14. The second kappa shape index (κ2) is 7.81. The summed E-state index contributed by atoms with van der Waals surface area (Å²) in [7, 11) is 0. The van der Waals surface area contributed by atoms with Crippen LogP contribution in [0.25, 0.3) is 11.0 Å². The number of nitrogens with zero attached hydrogens (tertiary/aromatic N) is 1. The van der Waals surface area contributed by atoms with Crippen LogP contribution in [0.5, 0.6) is 5.75 Å². The quantitative estimate of drug-likeness (QED) is 0.509. The van der Waals surface area contributed by atoms with E-state index in [4.69, 9.17) is 20.4 Å². The van der Waals surface area contributed by atoms with Crippen molar-refractivity contribution in [3.8, 4) is 5.75 Å². The molecule has 29 heavy (non-hydrogen) atoms. The largest absolute Gasteiger partial charge is 0.508 e. The van der Waals surface area contributed by atoms with E-state index < -0.39 is 11.7 Å². The second-order valence-corrected chi connectivity index (χ2v) is 6.56. The lowest BCUT2D eigenvalue weighted by Crippen LogP contribution is -2.28. The minimum atomic E-state index is -0.509. The van der Waals surface area contributed by atoms with Crippen LogP contribution in [0.1, 0.15) is 16.1 Å². The van der Waals surface area contributed by atoms with Crippen LogP contribution in [0.4, 0.5) is 10.1 Å². The molecule has 0 unspecified atom stereocenters. The Morgan fingerprint density at radius 3 is 2.79 bits per heavy atom. The SMILES string of the molecule is O=C(NCc1ccco1)c1cc2ccc(O)cc2oc1=Nc1ccc(F)cc1Cl. The standard InChI is InChI=1S/C21H14ClFN2O4/c22-17-9-13(23)4-6-18(17)25-21-16(20(27)24-11-15-2-1-7-28-15)8-12-3-5-14(26)10-19(12)29-21/h1-10,26H,11H2,(H,24,27). The van der Waals surface area contributed by atoms with Crippen molar-refractivity contribution in [3.05, 3.63) is 88.6 Å². The van der Waals surface area contributed by atoms with E-state index in [0.29, 0.717) is 16.7 Å². The normalized spacial score (nSPS) is 11.7. The number of furan rings is 1. The maximum atomic E-state index is 13.3. The molecule has 2 N–H and O–H groups in total. The predicted molar refractivity (Wildman–Crippen MR) is 104 cm³/mol. The first-order valence-electron chi connectivity index (χ1n) is 8.57. The zero-order valence-corrected chi connectivity index (χ0v) is 15.6. The van der Waals surface area contributed by atoms with Gasteiger partial charge in [0.2, 0.25) is 5.55 Å². The molecule has 0 atom stereocenters. The van der Waals surface area contributed by atoms with Gasteiger partial charge in [0.25, 0.3) is 5.91 Å². The maximum absolute atomic E-state index is 13.3. The van der Waals surface area contributed by atoms with Crippen LogP contribution in [0.15, 0.2) is 74.7 Å². The van der Waals surface area contributed by atoms with Gasteiger partial charge in [-0.2, -0.15) is 0 Å². The molecule has 146 valence electrons. The van der Waals surface area contributed by atoms with Gasteiger partial charge in [0.1, 0.15) is 28.5 Å². The number of aromatic hydroxyl groups is 1. The number of hydrogen-bond donors (Lipinski definition) is 2. The van der Waals surface area contributed by atoms with E-state index in [1.54, 1.807) is 24.3 Å². The summed E-state index contributed by atoms with van der Waals surface area (Å²) in [6.45, 7) is 0.177. The summed E-state index contributed by atoms with van der Waals surface area (Å²) < 4.78 is 24.3. The Hall–Kier alpha value is -3.58. The zero-order valence-electron chi connectivity index (χ0n) is 14.9. The number of carbonyl (C=O) groups is 1. The van der Waals surface area contributed by atoms with E-state index in [1.165, 1.54) is 30.5 Å². The molecule has 8 heteroatoms. The van der Waals surface area contributed by atoms with Crippen LogP contribution in [0.2, 0.25) is 5.02 Å². The fourth-order valence-corrected chi connectivity index (χ4v) is 2.92. The van der Waals surface area contributed by atoms with Crippen molar-refractivity contribution >= 4 is 34.2 Å². The third-order valence-electron chi connectivity index (χ3n) is 4.11. The molecule has 2 heterocycles. The van der Waals surface area contributed by atoms with E-state index >= 15 is 0 Å². The number of fused-ring (bicyclic) bond motifs is 1. The first kappa shape index (κ1) is 18.8. The van der Waals surface area contributed by atoms with Crippen LogP contribution in [-0.4, -0.2) is 11.0 Å². The van der Waals surface area contributed by atoms with E-state index in [1.807, 2.05) is 0 Å². The Balaban J connectivity index is 1.82. The molecule has 0 radical (unpaired) electrons. The first-order chi connectivity index (χ1) is 14.0. The van der Waals surface area contributed by atoms with Crippen molar-refractivity contribution < 1.29 is 23.1 Å². The molecule has 0 aliphatic rings. The number of amides is 1. The summed E-state index contributed by atoms with van der Waals surface area (Å²) in [5, 5.41) is 13.1. The molecule has 4 rings (SSSR count). The van der Waals surface area contributed by atoms with Crippen molar-refractivity contribution in [1.29, 1.82) is 0 Å². The van der Waals surface area contributed by atoms with Crippen LogP contribution >= 0.6 is 11.6 Å². The molecule has 0 fully saturated rings. The molecule has 0 spiro atoms. The molecule has 6 nitrogen and oxygen atoms in total. The van der Waals surface area contributed by atoms with Gasteiger partial charge in [0.15, 0.2) is 0 Å². The Kier molecular flexibility index (Phi) is 5.05. The van der Waals surface area contributed by atoms with Crippen molar-refractivity contribution in [3.63, 3.8) is 0 Å². The molecular weight excluding hydrogens is 399 g/mol. The minimum Gasteiger partial charge on any atom is -0.508 e. The molecule has 0 saturated heterocycles. The van der Waals surface area contributed by atoms with E-state index in [2.05, 4.69) is 10.3 Å². The maximum Gasteiger partial charge on any atom is 0.257 e. The zero-order chi connectivity index (χ0) is 20.4. The van der Waals surface area contributed by atoms with Gasteiger partial charge in [-0.15, -0.1) is 0 Å². The summed E-state index contributed by atoms with van der Waals surface area (Å²) in [6, 6.07) is 13.2. The fraction of sp³-hybridized carbons (Fsp3) is 0.0476. The van der Waals surface area contributed by atoms with Crippen molar-refractivity contribution in [2.75, 3.05) is 0 Å². The van der Waals surface area contributed by atoms with E-state index in [-0.39, 0.29) is 34.1 Å². The molecule has 0 bridgehead atoms. The second-order valence-electron chi connectivity index (χ2n) is 6.16. The predicted octanol–water partition coefficient (Wildman–Crippen LogP) is 4.69. The number of carbonyl (C=O) groups excluding carboxylic acids is 1. The number of phenolic OH excluding ortho intramolecular Hbond substituents is 1. The summed E-state index contributed by atoms with van der Waals surface area (Å²) in [6.07, 6.45) is 1.51. The summed E-state index contributed by atoms with van der Waals surface area (Å²) in [5.41, 5.74) is 0.671. The van der Waals surface area contributed by atoms with Gasteiger partial charge in [-0.3, -0.25) is 4.79 Å². The lowest BCUT2D eigenvalue weighted by Gasteiger charge is -2.07. The summed E-state index contributed by atoms with van der Waals surface area (Å²) in [5.74, 6) is -0.369. The average Bonchev–Trinajstić information content (AvgIpc) is 3.21. The van der Waals surface area contributed by atoms with Gasteiger partial charge in [-0.1, -0.05) is 11.6 Å². The van der Waals surface area contributed by atoms with Gasteiger partial charge in [0, 0.05) is 11.5 Å². The Morgan fingerprint density at radius 2 is 2.03 bits per heavy atom. The molecule has 2 aromatic heterocycles. The lowest BCUT2D eigenvalue weighted by molar-refractivity contribution is 0.0944. The topological polar surface area (TPSA) is 88.0 Å². The van der Waals surface area contributed by atoms with Gasteiger partial charge >= 0.3 is 0 Å². The van der Waals surface area contributed by atoms with Crippen molar-refractivity contribution in [2.45, 2.75) is 6.54 Å². The van der Waals surface area contributed by atoms with Crippen LogP contribution in [0.3, 0.4) is 0 Å². The Morgan fingerprint density at radius 1 is 1.17 bits per heavy atom. The lowest BCUT2D eigenvalue weighted by atomic mass is 10.1. The number of hydrogen-bond acceptors (Lipinski definition) is 5. The van der Waals surface area contributed by atoms with Crippen LogP contribution in [-0.2, 0) is 6.54 Å². The van der Waals surface area contributed by atoms with Crippen LogP contribution in [0, 0.1) is 5.82 Å². The minimum absolute atomic E-state index is 0.00188. The highest BCUT2D eigenvalue weighted by Crippen LogP contribution is 2.25. The number of halogens is 2. The van der Waals surface area contributed by atoms with E-state index in [9.17, 15) is 14.3 Å². The highest BCUT2D eigenvalue weighted by molar-refractivity contribution is 6.32. The molecule has 1 amide bonds. The summed E-state index contributed by atoms with van der Waals surface area (Å²) in [4.78, 5) is 17.1. The number of phenols is 1. The molecular formula is C21H14ClFN2O4. The van der Waals surface area contributed by atoms with Gasteiger partial charge in [0.05, 0.1) is 23.5 Å². The number of nitrogens with one attached hydrogen (secondary N) is 1. The third-order valence-corrected chi connectivity index (χ3v) is 4.42. The monoisotopic (exact) mass is 412 g/mol. The van der Waals surface area contributed by atoms with Crippen LogP contribution < -0.4 is 10.9 Å². The van der Waals surface area contributed by atoms with Crippen molar-refractivity contribution in [1.82, 2.24) is 5.32 Å². The first-order valence-corrected chi connectivity index (χ1v) is 8.94. The molecule has 0 saturated carbocycles. The summed E-state index contributed by atoms with van der Waals surface area (Å²) >= 11 is 6.06. The average molecular weight is 413 g/mol. The highest BCUT2D eigenvalue weighted by Gasteiger charge is 2.14. The number of rotatable bonds is 4. The Bertz CT molecular complexity index is 1270. The molecule has 2 aromatic carbocycles. The van der Waals surface area contributed by atoms with Gasteiger partial charge < -0.3 is 19.3 Å².